The molecule has 110 valence electrons. The van der Waals surface area contributed by atoms with Crippen molar-refractivity contribution in [3.05, 3.63) is 54.2 Å². The van der Waals surface area contributed by atoms with E-state index in [0.29, 0.717) is 18.9 Å². The maximum absolute atomic E-state index is 13.2. The zero-order chi connectivity index (χ0) is 15.1. The second-order valence-corrected chi connectivity index (χ2v) is 6.98. The van der Waals surface area contributed by atoms with Gasteiger partial charge in [0.05, 0.1) is 12.6 Å². The predicted molar refractivity (Wildman–Crippen MR) is 92.9 cm³/mol. The van der Waals surface area contributed by atoms with Crippen LogP contribution in [0.3, 0.4) is 0 Å². The molecular weight excluding hydrogens is 415 g/mol. The Hall–Kier alpha value is -1.53. The molecule has 1 aliphatic heterocycles. The Morgan fingerprint density at radius 2 is 2.05 bits per heavy atom. The summed E-state index contributed by atoms with van der Waals surface area (Å²) in [6, 6.07) is 9.25. The van der Waals surface area contributed by atoms with E-state index in [0.717, 1.165) is 27.8 Å². The molecule has 4 nitrogen and oxygen atoms in total. The maximum atomic E-state index is 13.2. The molecule has 1 unspecified atom stereocenters. The minimum Gasteiger partial charge on any atom is -0.472 e. The molecule has 3 aromatic rings. The number of ether oxygens (including phenoxy) is 1. The summed E-state index contributed by atoms with van der Waals surface area (Å²) in [7, 11) is 0. The molecule has 0 saturated heterocycles. The molecule has 0 fully saturated rings. The standard InChI is InChI=1S/C15H10FIN3OP/c16-14-4-3-13-12-2-1-9(11-6-18-20(7-11)22-17)5-10(12)8-21-15(13)19-14/h1-7,22H,8H2. The highest BCUT2D eigenvalue weighted by Crippen LogP contribution is 2.38. The Bertz CT molecular complexity index is 868. The number of nitrogens with zero attached hydrogens (tertiary/aromatic N) is 3. The molecule has 4 rings (SSSR count). The van der Waals surface area contributed by atoms with Crippen LogP contribution >= 0.6 is 28.4 Å². The van der Waals surface area contributed by atoms with Gasteiger partial charge >= 0.3 is 0 Å². The smallest absolute Gasteiger partial charge is 0.224 e. The molecule has 0 spiro atoms. The fraction of sp³-hybridized carbons (Fsp3) is 0.0667. The van der Waals surface area contributed by atoms with Crippen LogP contribution in [0.25, 0.3) is 22.3 Å². The molecule has 22 heavy (non-hydrogen) atoms. The first kappa shape index (κ1) is 14.1. The van der Waals surface area contributed by atoms with Crippen LogP contribution in [0, 0.1) is 5.95 Å². The lowest BCUT2D eigenvalue weighted by Gasteiger charge is -2.20. The molecule has 3 heterocycles. The number of aromatic nitrogens is 3. The summed E-state index contributed by atoms with van der Waals surface area (Å²) in [4.78, 5) is 3.81. The van der Waals surface area contributed by atoms with E-state index in [-0.39, 0.29) is 0 Å². The van der Waals surface area contributed by atoms with Crippen molar-refractivity contribution < 1.29 is 9.13 Å². The van der Waals surface area contributed by atoms with Gasteiger partial charge in [0, 0.05) is 17.3 Å². The number of halogens is 2. The first-order chi connectivity index (χ1) is 10.7. The fourth-order valence-electron chi connectivity index (χ4n) is 2.55. The van der Waals surface area contributed by atoms with Gasteiger partial charge in [0.25, 0.3) is 0 Å². The molecule has 0 amide bonds. The molecule has 2 aromatic heterocycles. The lowest BCUT2D eigenvalue weighted by Crippen LogP contribution is -2.07. The molecule has 1 atom stereocenters. The third-order valence-electron chi connectivity index (χ3n) is 3.59. The van der Waals surface area contributed by atoms with Crippen molar-refractivity contribution in [3.8, 4) is 28.1 Å². The summed E-state index contributed by atoms with van der Waals surface area (Å²) in [6.07, 6.45) is 4.48. The second kappa shape index (κ2) is 5.59. The second-order valence-electron chi connectivity index (χ2n) is 4.91. The minimum atomic E-state index is -0.522. The van der Waals surface area contributed by atoms with Crippen LogP contribution in [0.5, 0.6) is 5.88 Å². The first-order valence-corrected chi connectivity index (χ1v) is 10.6. The number of benzene rings is 1. The predicted octanol–water partition coefficient (Wildman–Crippen LogP) is 4.44. The Balaban J connectivity index is 1.78. The van der Waals surface area contributed by atoms with E-state index >= 15 is 0 Å². The van der Waals surface area contributed by atoms with E-state index in [4.69, 9.17) is 4.74 Å². The normalized spacial score (nSPS) is 13.0. The SMILES string of the molecule is Fc1ccc2c(n1)OCc1cc(-c3cnn(PI)c3)ccc1-2. The molecule has 0 N–H and O–H groups in total. The van der Waals surface area contributed by atoms with E-state index in [2.05, 4.69) is 44.3 Å². The topological polar surface area (TPSA) is 39.9 Å². The van der Waals surface area contributed by atoms with E-state index < -0.39 is 5.95 Å². The molecule has 0 bridgehead atoms. The van der Waals surface area contributed by atoms with Gasteiger partial charge in [-0.3, -0.25) is 0 Å². The monoisotopic (exact) mass is 425 g/mol. The highest BCUT2D eigenvalue weighted by molar-refractivity contribution is 14.2. The highest BCUT2D eigenvalue weighted by atomic mass is 127. The van der Waals surface area contributed by atoms with Crippen LogP contribution in [0.4, 0.5) is 4.39 Å². The van der Waals surface area contributed by atoms with Crippen LogP contribution in [-0.2, 0) is 6.61 Å². The zero-order valence-electron chi connectivity index (χ0n) is 11.3. The minimum absolute atomic E-state index is 0.360. The van der Waals surface area contributed by atoms with Crippen molar-refractivity contribution in [1.82, 2.24) is 14.5 Å². The molecule has 0 radical (unpaired) electrons. The van der Waals surface area contributed by atoms with Gasteiger partial charge in [-0.05, 0) is 56.9 Å². The number of hydrogen-bond acceptors (Lipinski definition) is 3. The average Bonchev–Trinajstić information content (AvgIpc) is 3.03. The van der Waals surface area contributed by atoms with E-state index in [1.54, 1.807) is 6.07 Å². The summed E-state index contributed by atoms with van der Waals surface area (Å²) in [5.41, 5.74) is 5.12. The Kier molecular flexibility index (Phi) is 3.58. The summed E-state index contributed by atoms with van der Waals surface area (Å²) in [5.74, 6) is -0.162. The van der Waals surface area contributed by atoms with Crippen molar-refractivity contribution in [3.63, 3.8) is 0 Å². The summed E-state index contributed by atoms with van der Waals surface area (Å²) < 4.78 is 20.7. The summed E-state index contributed by atoms with van der Waals surface area (Å²) >= 11 is 2.29. The van der Waals surface area contributed by atoms with Gasteiger partial charge in [-0.25, -0.2) is 4.45 Å². The van der Waals surface area contributed by atoms with Gasteiger partial charge in [-0.1, -0.05) is 12.1 Å². The maximum Gasteiger partial charge on any atom is 0.224 e. The summed E-state index contributed by atoms with van der Waals surface area (Å²) in [6.45, 7) is 0.398. The molecule has 1 aromatic carbocycles. The molecule has 0 aliphatic carbocycles. The van der Waals surface area contributed by atoms with Crippen LogP contribution in [-0.4, -0.2) is 14.5 Å². The Morgan fingerprint density at radius 3 is 2.86 bits per heavy atom. The van der Waals surface area contributed by atoms with E-state index in [1.165, 1.54) is 6.07 Å². The van der Waals surface area contributed by atoms with Crippen molar-refractivity contribution in [2.75, 3.05) is 0 Å². The van der Waals surface area contributed by atoms with Gasteiger partial charge in [-0.15, -0.1) is 0 Å². The number of rotatable bonds is 2. The number of pyridine rings is 1. The average molecular weight is 425 g/mol. The third-order valence-corrected chi connectivity index (χ3v) is 5.49. The van der Waals surface area contributed by atoms with Crippen LogP contribution in [0.1, 0.15) is 5.56 Å². The van der Waals surface area contributed by atoms with Crippen LogP contribution in [0.2, 0.25) is 0 Å². The quantitative estimate of drug-likeness (QED) is 0.347. The first-order valence-electron chi connectivity index (χ1n) is 6.59. The number of fused-ring (bicyclic) bond motifs is 3. The fourth-order valence-corrected chi connectivity index (χ4v) is 3.63. The van der Waals surface area contributed by atoms with Gasteiger partial charge in [0.2, 0.25) is 11.8 Å². The van der Waals surface area contributed by atoms with Crippen LogP contribution in [0.15, 0.2) is 42.7 Å². The lowest BCUT2D eigenvalue weighted by molar-refractivity contribution is 0.285. The third kappa shape index (κ3) is 2.40. The van der Waals surface area contributed by atoms with Crippen molar-refractivity contribution in [2.45, 2.75) is 6.61 Å². The lowest BCUT2D eigenvalue weighted by atomic mass is 9.95. The number of hydrogen-bond donors (Lipinski definition) is 0. The van der Waals surface area contributed by atoms with Crippen LogP contribution < -0.4 is 4.74 Å². The van der Waals surface area contributed by atoms with E-state index in [9.17, 15) is 4.39 Å². The van der Waals surface area contributed by atoms with Gasteiger partial charge < -0.3 is 4.74 Å². The van der Waals surface area contributed by atoms with Crippen molar-refractivity contribution in [1.29, 1.82) is 0 Å². The Labute approximate surface area is 141 Å². The van der Waals surface area contributed by atoms with Gasteiger partial charge in [0.1, 0.15) is 6.61 Å². The zero-order valence-corrected chi connectivity index (χ0v) is 14.4. The largest absolute Gasteiger partial charge is 0.472 e. The van der Waals surface area contributed by atoms with Crippen molar-refractivity contribution >= 4 is 28.4 Å². The molecular formula is C15H10FIN3OP. The van der Waals surface area contributed by atoms with Crippen molar-refractivity contribution in [2.24, 2.45) is 0 Å². The highest BCUT2D eigenvalue weighted by Gasteiger charge is 2.19. The Morgan fingerprint density at radius 1 is 1.18 bits per heavy atom. The van der Waals surface area contributed by atoms with Gasteiger partial charge in [-0.2, -0.15) is 14.5 Å². The summed E-state index contributed by atoms with van der Waals surface area (Å²) in [5, 5.41) is 4.31. The van der Waals surface area contributed by atoms with Gasteiger partial charge in [0.15, 0.2) is 0 Å². The molecule has 7 heteroatoms. The molecule has 0 saturated carbocycles. The molecule has 1 aliphatic rings. The van der Waals surface area contributed by atoms with E-state index in [1.807, 2.05) is 22.9 Å².